The summed E-state index contributed by atoms with van der Waals surface area (Å²) < 4.78 is 0. The molecule has 0 aliphatic rings. The normalized spacial score (nSPS) is 10.6. The Bertz CT molecular complexity index is 1900. The summed E-state index contributed by atoms with van der Waals surface area (Å²) in [6.07, 6.45) is 4.83. The number of aliphatic carboxylic acids is 1. The summed E-state index contributed by atoms with van der Waals surface area (Å²) in [5.41, 5.74) is 0. The van der Waals surface area contributed by atoms with Gasteiger partial charge in [-0.15, -0.1) is 0 Å². The predicted molar refractivity (Wildman–Crippen MR) is 268 cm³/mol. The smallest absolute Gasteiger partial charge is 0.548 e. The summed E-state index contributed by atoms with van der Waals surface area (Å²) in [7, 11) is -1.39. The fraction of sp³-hybridized carbons (Fsp3) is 0.0926. The molecule has 8 aromatic carbocycles. The molecule has 8 rings (SSSR count). The molecule has 0 fully saturated rings. The van der Waals surface area contributed by atoms with Crippen LogP contribution in [0.15, 0.2) is 243 Å². The molecule has 0 saturated carbocycles. The van der Waals surface area contributed by atoms with E-state index in [2.05, 4.69) is 243 Å². The average molecular weight is 1070 g/mol. The zero-order valence-electron chi connectivity index (χ0n) is 34.5. The van der Waals surface area contributed by atoms with Crippen molar-refractivity contribution in [3.8, 4) is 0 Å². The van der Waals surface area contributed by atoms with Gasteiger partial charge in [0.2, 0.25) is 0 Å². The second-order valence-electron chi connectivity index (χ2n) is 13.8. The number of benzene rings is 8. The maximum atomic E-state index is 9.01. The molecule has 0 amide bonds. The first-order valence-corrected chi connectivity index (χ1v) is 26.5. The van der Waals surface area contributed by atoms with Crippen LogP contribution in [0.1, 0.15) is 0 Å². The van der Waals surface area contributed by atoms with E-state index in [-0.39, 0.29) is 54.1 Å². The second-order valence-corrected chi connectivity index (χ2v) is 23.2. The number of carbonyl (C=O) groups is 1. The third-order valence-corrected chi connectivity index (χ3v) is 20.5. The quantitative estimate of drug-likeness (QED) is 0.0833. The van der Waals surface area contributed by atoms with Crippen LogP contribution in [-0.4, -0.2) is 42.3 Å². The number of carboxylic acids is 1. The van der Waals surface area contributed by atoms with Gasteiger partial charge in [-0.25, -0.2) is 0 Å². The molecule has 8 heteroatoms. The minimum atomic E-state index is -1.44. The van der Waals surface area contributed by atoms with Gasteiger partial charge < -0.3 is 15.0 Å². The largest absolute Gasteiger partial charge is 1.00 e. The molecule has 0 aromatic heterocycles. The maximum Gasteiger partial charge on any atom is 1.00 e. The summed E-state index contributed by atoms with van der Waals surface area (Å²) >= 11 is 0. The van der Waals surface area contributed by atoms with Crippen LogP contribution in [-0.2, 0) is 27.2 Å². The minimum Gasteiger partial charge on any atom is -0.548 e. The fourth-order valence-corrected chi connectivity index (χ4v) is 17.6. The fourth-order valence-electron chi connectivity index (χ4n) is 6.89. The number of hydrogen-bond acceptors (Lipinski definition) is 3. The SMILES string of the molecule is O=C([O-])CO.[Au+].c1ccc(P(CCP(c2ccccc2)c2ccccc2)c2ccccc2)cc1.c1ccc(P(CCP(c2ccccc2)c2ccccc2)c2ccccc2)cc1. The van der Waals surface area contributed by atoms with Crippen molar-refractivity contribution in [1.29, 1.82) is 0 Å². The monoisotopic (exact) mass is 1070 g/mol. The third kappa shape index (κ3) is 15.5. The molecule has 0 unspecified atom stereocenters. The Balaban J connectivity index is 0.000000208. The molecule has 8 aromatic rings. The Hall–Kier alpha value is -4.35. The summed E-state index contributed by atoms with van der Waals surface area (Å²) in [5.74, 6) is -1.44. The van der Waals surface area contributed by atoms with Crippen LogP contribution in [0.5, 0.6) is 0 Å². The van der Waals surface area contributed by atoms with Gasteiger partial charge in [-0.1, -0.05) is 243 Å². The minimum absolute atomic E-state index is 0. The molecule has 0 spiro atoms. The van der Waals surface area contributed by atoms with Crippen molar-refractivity contribution in [2.24, 2.45) is 0 Å². The first kappa shape index (κ1) is 48.7. The van der Waals surface area contributed by atoms with Gasteiger partial charge in [0.15, 0.2) is 0 Å². The Morgan fingerprint density at radius 3 is 0.516 bits per heavy atom. The second kappa shape index (κ2) is 27.7. The Kier molecular flexibility index (Phi) is 21.7. The number of aliphatic hydroxyl groups excluding tert-OH is 1. The molecule has 0 aliphatic carbocycles. The van der Waals surface area contributed by atoms with Crippen LogP contribution in [0.2, 0.25) is 0 Å². The topological polar surface area (TPSA) is 60.4 Å². The van der Waals surface area contributed by atoms with Crippen LogP contribution in [0.4, 0.5) is 0 Å². The standard InChI is InChI=1S/2C26H24P2.C2H4O3.Au/c2*1-5-13-23(14-6-1)27(24-15-7-2-8-16-24)21-22-28(25-17-9-3-10-18-25)26-19-11-4-12-20-26;3-1-2(4)5;/h2*1-20H,21-22H2;3H,1H2,(H,4,5);/q;;;+1/p-1. The molecule has 0 aliphatic heterocycles. The van der Waals surface area contributed by atoms with Crippen LogP contribution in [0, 0.1) is 0 Å². The molecule has 1 N–H and O–H groups in total. The van der Waals surface area contributed by atoms with Crippen LogP contribution < -0.4 is 47.5 Å². The number of rotatable bonds is 15. The summed E-state index contributed by atoms with van der Waals surface area (Å²) in [4.78, 5) is 9.01. The van der Waals surface area contributed by atoms with Gasteiger partial charge in [0.25, 0.3) is 0 Å². The molecule has 0 atom stereocenters. The van der Waals surface area contributed by atoms with Crippen molar-refractivity contribution in [2.45, 2.75) is 0 Å². The zero-order chi connectivity index (χ0) is 42.3. The first-order valence-electron chi connectivity index (χ1n) is 20.4. The molecule has 0 bridgehead atoms. The number of aliphatic hydroxyl groups is 1. The van der Waals surface area contributed by atoms with Gasteiger partial charge in [-0.2, -0.15) is 0 Å². The van der Waals surface area contributed by atoms with Crippen molar-refractivity contribution >= 4 is 80.1 Å². The third-order valence-electron chi connectivity index (χ3n) is 9.77. The van der Waals surface area contributed by atoms with Crippen molar-refractivity contribution < 1.29 is 37.4 Å². The van der Waals surface area contributed by atoms with Crippen LogP contribution >= 0.6 is 31.7 Å². The molecule has 316 valence electrons. The molecule has 3 nitrogen and oxygen atoms in total. The maximum absolute atomic E-state index is 9.01. The number of carboxylic acid groups (broad SMARTS) is 1. The first-order chi connectivity index (χ1) is 30.1. The van der Waals surface area contributed by atoms with Crippen LogP contribution in [0.3, 0.4) is 0 Å². The van der Waals surface area contributed by atoms with Crippen molar-refractivity contribution in [1.82, 2.24) is 0 Å². The molecule has 0 heterocycles. The van der Waals surface area contributed by atoms with Gasteiger partial charge >= 0.3 is 22.4 Å². The molecule has 0 saturated heterocycles. The Morgan fingerprint density at radius 2 is 0.419 bits per heavy atom. The van der Waals surface area contributed by atoms with Gasteiger partial charge in [0, 0.05) is 0 Å². The van der Waals surface area contributed by atoms with E-state index in [0.717, 1.165) is 0 Å². The van der Waals surface area contributed by atoms with Gasteiger partial charge in [0.1, 0.15) is 0 Å². The molecule has 0 radical (unpaired) electrons. The molecule has 62 heavy (non-hydrogen) atoms. The van der Waals surface area contributed by atoms with E-state index in [1.807, 2.05) is 0 Å². The number of hydrogen-bond donors (Lipinski definition) is 1. The van der Waals surface area contributed by atoms with E-state index in [1.165, 1.54) is 67.1 Å². The Morgan fingerprint density at radius 1 is 0.306 bits per heavy atom. The van der Waals surface area contributed by atoms with Gasteiger partial charge in [-0.05, 0) is 98.8 Å². The molecular formula is C54H51AuO3P4. The van der Waals surface area contributed by atoms with Crippen molar-refractivity contribution in [3.63, 3.8) is 0 Å². The average Bonchev–Trinajstić information content (AvgIpc) is 3.34. The van der Waals surface area contributed by atoms with E-state index in [4.69, 9.17) is 15.0 Å². The van der Waals surface area contributed by atoms with E-state index in [0.29, 0.717) is 0 Å². The van der Waals surface area contributed by atoms with E-state index >= 15 is 0 Å². The van der Waals surface area contributed by atoms with Crippen LogP contribution in [0.25, 0.3) is 0 Å². The summed E-state index contributed by atoms with van der Waals surface area (Å²) in [6, 6.07) is 88.4. The van der Waals surface area contributed by atoms with Crippen molar-refractivity contribution in [3.05, 3.63) is 243 Å². The van der Waals surface area contributed by atoms with E-state index < -0.39 is 12.6 Å². The van der Waals surface area contributed by atoms with Crippen molar-refractivity contribution in [2.75, 3.05) is 31.3 Å². The predicted octanol–water partition coefficient (Wildman–Crippen LogP) is 8.23. The zero-order valence-corrected chi connectivity index (χ0v) is 40.2. The van der Waals surface area contributed by atoms with E-state index in [9.17, 15) is 0 Å². The van der Waals surface area contributed by atoms with E-state index in [1.54, 1.807) is 0 Å². The summed E-state index contributed by atoms with van der Waals surface area (Å²) in [6.45, 7) is -0.889. The number of carbonyl (C=O) groups excluding carboxylic acids is 1. The molecular weight excluding hydrogens is 1020 g/mol. The summed E-state index contributed by atoms with van der Waals surface area (Å²) in [5, 5.41) is 28.3. The van der Waals surface area contributed by atoms with Gasteiger partial charge in [0.05, 0.1) is 12.6 Å². The Labute approximate surface area is 388 Å². The van der Waals surface area contributed by atoms with Gasteiger partial charge in [-0.3, -0.25) is 0 Å².